The zero-order valence-electron chi connectivity index (χ0n) is 26.5. The van der Waals surface area contributed by atoms with Crippen molar-refractivity contribution in [1.29, 1.82) is 0 Å². The van der Waals surface area contributed by atoms with Gasteiger partial charge in [0.05, 0.1) is 39.7 Å². The summed E-state index contributed by atoms with van der Waals surface area (Å²) in [5.74, 6) is 0. The smallest absolute Gasteiger partial charge is 0.138 e. The average molecular weight is 628 g/mol. The number of imidazole rings is 1. The van der Waals surface area contributed by atoms with E-state index in [9.17, 15) is 0 Å². The average Bonchev–Trinajstić information content (AvgIpc) is 3.58. The third kappa shape index (κ3) is 5.24. The van der Waals surface area contributed by atoms with Crippen LogP contribution in [0.1, 0.15) is 0 Å². The minimum absolute atomic E-state index is 0.825. The molecule has 49 heavy (non-hydrogen) atoms. The topological polar surface area (TPSA) is 56.0 Å². The first-order valence-corrected chi connectivity index (χ1v) is 16.3. The molecule has 230 valence electrons. The van der Waals surface area contributed by atoms with Crippen LogP contribution in [-0.4, -0.2) is 24.3 Å². The molecular formula is C44H29N5. The number of hydrogen-bond donors (Lipinski definition) is 0. The molecule has 0 atom stereocenters. The fraction of sp³-hybridized carbons (Fsp3) is 0. The van der Waals surface area contributed by atoms with E-state index in [0.717, 1.165) is 84.2 Å². The van der Waals surface area contributed by atoms with Crippen LogP contribution in [0.4, 0.5) is 0 Å². The van der Waals surface area contributed by atoms with Gasteiger partial charge in [-0.05, 0) is 24.3 Å². The van der Waals surface area contributed by atoms with Crippen molar-refractivity contribution in [1.82, 2.24) is 24.3 Å². The molecule has 0 spiro atoms. The Morgan fingerprint density at radius 1 is 0.327 bits per heavy atom. The van der Waals surface area contributed by atoms with E-state index in [2.05, 4.69) is 89.5 Å². The van der Waals surface area contributed by atoms with Crippen molar-refractivity contribution < 1.29 is 0 Å². The predicted molar refractivity (Wildman–Crippen MR) is 199 cm³/mol. The highest BCUT2D eigenvalue weighted by Crippen LogP contribution is 2.39. The van der Waals surface area contributed by atoms with E-state index < -0.39 is 0 Å². The Balaban J connectivity index is 1.23. The van der Waals surface area contributed by atoms with Crippen molar-refractivity contribution in [3.05, 3.63) is 176 Å². The van der Waals surface area contributed by atoms with Gasteiger partial charge in [-0.2, -0.15) is 0 Å². The Kier molecular flexibility index (Phi) is 7.06. The summed E-state index contributed by atoms with van der Waals surface area (Å²) >= 11 is 0. The number of benzene rings is 5. The summed E-state index contributed by atoms with van der Waals surface area (Å²) in [4.78, 5) is 20.9. The van der Waals surface area contributed by atoms with Gasteiger partial charge in [-0.1, -0.05) is 146 Å². The summed E-state index contributed by atoms with van der Waals surface area (Å²) in [7, 11) is 0. The molecule has 0 unspecified atom stereocenters. The molecule has 0 N–H and O–H groups in total. The van der Waals surface area contributed by atoms with Crippen LogP contribution < -0.4 is 0 Å². The SMILES string of the molecule is c1ccc(-c2nc(-c3ccccc3)c(-c3ccc(-c4c(-c5ccc6ccccc6n5)nc5ccccn45)cc3)nc2-c2ccccc2)cc1. The molecule has 4 aromatic heterocycles. The molecule has 0 fully saturated rings. The third-order valence-electron chi connectivity index (χ3n) is 8.84. The lowest BCUT2D eigenvalue weighted by molar-refractivity contribution is 1.19. The summed E-state index contributed by atoms with van der Waals surface area (Å²) in [6.07, 6.45) is 2.06. The molecule has 5 aromatic carbocycles. The van der Waals surface area contributed by atoms with Crippen LogP contribution >= 0.6 is 0 Å². The van der Waals surface area contributed by atoms with E-state index in [4.69, 9.17) is 19.9 Å². The number of hydrogen-bond acceptors (Lipinski definition) is 4. The lowest BCUT2D eigenvalue weighted by Gasteiger charge is -2.16. The molecule has 0 aliphatic rings. The van der Waals surface area contributed by atoms with E-state index in [1.807, 2.05) is 91.0 Å². The Labute approximate surface area is 283 Å². The lowest BCUT2D eigenvalue weighted by Crippen LogP contribution is -2.01. The van der Waals surface area contributed by atoms with E-state index in [-0.39, 0.29) is 0 Å². The van der Waals surface area contributed by atoms with E-state index in [1.165, 1.54) is 0 Å². The quantitative estimate of drug-likeness (QED) is 0.184. The molecule has 4 heterocycles. The maximum atomic E-state index is 5.41. The molecule has 0 aliphatic carbocycles. The van der Waals surface area contributed by atoms with Gasteiger partial charge < -0.3 is 0 Å². The zero-order valence-corrected chi connectivity index (χ0v) is 26.5. The Morgan fingerprint density at radius 2 is 0.816 bits per heavy atom. The zero-order chi connectivity index (χ0) is 32.6. The maximum Gasteiger partial charge on any atom is 0.138 e. The molecule has 0 aliphatic heterocycles. The monoisotopic (exact) mass is 627 g/mol. The molecule has 0 amide bonds. The fourth-order valence-electron chi connectivity index (χ4n) is 6.46. The summed E-state index contributed by atoms with van der Waals surface area (Å²) in [5.41, 5.74) is 12.9. The minimum Gasteiger partial charge on any atom is -0.299 e. The summed E-state index contributed by atoms with van der Waals surface area (Å²) in [6, 6.07) is 57.9. The molecule has 5 heteroatoms. The first kappa shape index (κ1) is 28.5. The standard InChI is InChI=1S/C44H29N5/c1-4-15-31(16-5-1)39-40(32-17-6-2-7-18-32)48-42(41(47-39)33-19-8-3-9-20-33)34-23-25-35(26-24-34)44-43(46-38-22-12-13-29-49(38)44)37-28-27-30-14-10-11-21-36(30)45-37/h1-29H. The largest absolute Gasteiger partial charge is 0.299 e. The van der Waals surface area contributed by atoms with Crippen LogP contribution in [0.2, 0.25) is 0 Å². The van der Waals surface area contributed by atoms with E-state index in [0.29, 0.717) is 0 Å². The highest BCUT2D eigenvalue weighted by molar-refractivity contribution is 5.89. The second kappa shape index (κ2) is 12.1. The van der Waals surface area contributed by atoms with Gasteiger partial charge in [0, 0.05) is 39.4 Å². The normalized spacial score (nSPS) is 11.3. The Morgan fingerprint density at radius 3 is 1.41 bits per heavy atom. The summed E-state index contributed by atoms with van der Waals surface area (Å²) in [6.45, 7) is 0. The van der Waals surface area contributed by atoms with Crippen molar-refractivity contribution in [3.63, 3.8) is 0 Å². The van der Waals surface area contributed by atoms with E-state index >= 15 is 0 Å². The van der Waals surface area contributed by atoms with Crippen LogP contribution in [0, 0.1) is 0 Å². The summed E-state index contributed by atoms with van der Waals surface area (Å²) < 4.78 is 2.14. The molecule has 9 aromatic rings. The molecule has 0 radical (unpaired) electrons. The predicted octanol–water partition coefficient (Wildman–Crippen LogP) is 10.7. The van der Waals surface area contributed by atoms with Crippen LogP contribution in [0.5, 0.6) is 0 Å². The first-order valence-electron chi connectivity index (χ1n) is 16.3. The molecule has 5 nitrogen and oxygen atoms in total. The van der Waals surface area contributed by atoms with Crippen LogP contribution in [-0.2, 0) is 0 Å². The number of pyridine rings is 2. The van der Waals surface area contributed by atoms with Crippen LogP contribution in [0.15, 0.2) is 176 Å². The maximum absolute atomic E-state index is 5.41. The van der Waals surface area contributed by atoms with Gasteiger partial charge in [-0.3, -0.25) is 4.40 Å². The number of aromatic nitrogens is 5. The van der Waals surface area contributed by atoms with Gasteiger partial charge in [0.15, 0.2) is 0 Å². The fourth-order valence-corrected chi connectivity index (χ4v) is 6.46. The highest BCUT2D eigenvalue weighted by Gasteiger charge is 2.21. The van der Waals surface area contributed by atoms with Crippen molar-refractivity contribution in [2.75, 3.05) is 0 Å². The third-order valence-corrected chi connectivity index (χ3v) is 8.84. The molecular weight excluding hydrogens is 599 g/mol. The van der Waals surface area contributed by atoms with Crippen molar-refractivity contribution >= 4 is 16.6 Å². The van der Waals surface area contributed by atoms with Crippen molar-refractivity contribution in [3.8, 4) is 67.7 Å². The van der Waals surface area contributed by atoms with Gasteiger partial charge >= 0.3 is 0 Å². The number of nitrogens with zero attached hydrogens (tertiary/aromatic N) is 5. The Bertz CT molecular complexity index is 2580. The second-order valence-corrected chi connectivity index (χ2v) is 11.9. The van der Waals surface area contributed by atoms with E-state index in [1.54, 1.807) is 0 Å². The molecule has 0 saturated carbocycles. The van der Waals surface area contributed by atoms with Crippen LogP contribution in [0.25, 0.3) is 84.2 Å². The Hall–Kier alpha value is -6.72. The molecule has 9 rings (SSSR count). The lowest BCUT2D eigenvalue weighted by atomic mass is 9.98. The first-order chi connectivity index (χ1) is 24.3. The number of para-hydroxylation sites is 1. The van der Waals surface area contributed by atoms with Gasteiger partial charge in [-0.15, -0.1) is 0 Å². The van der Waals surface area contributed by atoms with Gasteiger partial charge in [0.1, 0.15) is 11.3 Å². The second-order valence-electron chi connectivity index (χ2n) is 11.9. The van der Waals surface area contributed by atoms with Crippen LogP contribution in [0.3, 0.4) is 0 Å². The minimum atomic E-state index is 0.825. The molecule has 0 saturated heterocycles. The molecule has 0 bridgehead atoms. The number of rotatable bonds is 6. The van der Waals surface area contributed by atoms with Gasteiger partial charge in [0.25, 0.3) is 0 Å². The highest BCUT2D eigenvalue weighted by atomic mass is 15.0. The van der Waals surface area contributed by atoms with Gasteiger partial charge in [0.2, 0.25) is 0 Å². The van der Waals surface area contributed by atoms with Crippen molar-refractivity contribution in [2.24, 2.45) is 0 Å². The number of fused-ring (bicyclic) bond motifs is 2. The summed E-state index contributed by atoms with van der Waals surface area (Å²) in [5, 5.41) is 1.10. The van der Waals surface area contributed by atoms with Crippen molar-refractivity contribution in [2.45, 2.75) is 0 Å². The van der Waals surface area contributed by atoms with Gasteiger partial charge in [-0.25, -0.2) is 19.9 Å².